The molecule has 3 heteroatoms. The van der Waals surface area contributed by atoms with E-state index in [2.05, 4.69) is 13.8 Å². The lowest BCUT2D eigenvalue weighted by Crippen LogP contribution is -2.07. The minimum atomic E-state index is -0.157. The molecule has 0 fully saturated rings. The van der Waals surface area contributed by atoms with Gasteiger partial charge in [0.05, 0.1) is 6.10 Å². The first kappa shape index (κ1) is 14.1. The van der Waals surface area contributed by atoms with Gasteiger partial charge in [-0.3, -0.25) is 4.52 Å². The Hall–Kier alpha value is 0.0600. The standard InChI is InChI=1S/C11H23O2P/c1-3-5-7-8-10-11(13-14-12)9-6-4-2/h11H,3-10H2,1-2H3. The molecule has 1 atom stereocenters. The molecule has 0 saturated carbocycles. The van der Waals surface area contributed by atoms with Crippen LogP contribution in [0.3, 0.4) is 0 Å². The molecule has 0 amide bonds. The molecule has 0 aliphatic carbocycles. The van der Waals surface area contributed by atoms with Crippen molar-refractivity contribution < 1.29 is 9.09 Å². The Balaban J connectivity index is 3.45. The molecular weight excluding hydrogens is 195 g/mol. The van der Waals surface area contributed by atoms with E-state index in [0.29, 0.717) is 0 Å². The zero-order valence-electron chi connectivity index (χ0n) is 9.50. The zero-order valence-corrected chi connectivity index (χ0v) is 10.4. The highest BCUT2D eigenvalue weighted by molar-refractivity contribution is 7.17. The fourth-order valence-corrected chi connectivity index (χ4v) is 1.87. The van der Waals surface area contributed by atoms with Crippen molar-refractivity contribution in [3.63, 3.8) is 0 Å². The molecule has 0 heterocycles. The molecule has 0 spiro atoms. The van der Waals surface area contributed by atoms with Gasteiger partial charge in [0.25, 0.3) is 0 Å². The molecule has 14 heavy (non-hydrogen) atoms. The molecule has 0 N–H and O–H groups in total. The summed E-state index contributed by atoms with van der Waals surface area (Å²) in [7, 11) is -0.157. The van der Waals surface area contributed by atoms with Crippen molar-refractivity contribution in [1.29, 1.82) is 0 Å². The second-order valence-corrected chi connectivity index (χ2v) is 4.15. The van der Waals surface area contributed by atoms with Crippen LogP contribution in [-0.4, -0.2) is 6.10 Å². The topological polar surface area (TPSA) is 26.3 Å². The predicted octanol–water partition coefficient (Wildman–Crippen LogP) is 4.74. The van der Waals surface area contributed by atoms with Crippen LogP contribution in [0.5, 0.6) is 0 Å². The lowest BCUT2D eigenvalue weighted by atomic mass is 10.1. The van der Waals surface area contributed by atoms with Crippen molar-refractivity contribution >= 4 is 8.69 Å². The lowest BCUT2D eigenvalue weighted by Gasteiger charge is -2.12. The lowest BCUT2D eigenvalue weighted by molar-refractivity contribution is 0.193. The monoisotopic (exact) mass is 218 g/mol. The molecule has 0 aliphatic rings. The smallest absolute Gasteiger partial charge is 0.291 e. The van der Waals surface area contributed by atoms with E-state index in [0.717, 1.165) is 12.8 Å². The summed E-state index contributed by atoms with van der Waals surface area (Å²) >= 11 is 0. The summed E-state index contributed by atoms with van der Waals surface area (Å²) in [6.07, 6.45) is 9.74. The summed E-state index contributed by atoms with van der Waals surface area (Å²) in [6, 6.07) is 0. The molecule has 0 aliphatic heterocycles. The highest BCUT2D eigenvalue weighted by Gasteiger charge is 2.08. The number of unbranched alkanes of at least 4 members (excludes halogenated alkanes) is 4. The molecule has 0 radical (unpaired) electrons. The number of hydrogen-bond donors (Lipinski definition) is 0. The third-order valence-electron chi connectivity index (χ3n) is 2.45. The quantitative estimate of drug-likeness (QED) is 0.391. The molecule has 0 aromatic rings. The van der Waals surface area contributed by atoms with E-state index in [1.807, 2.05) is 0 Å². The molecule has 0 bridgehead atoms. The van der Waals surface area contributed by atoms with Crippen LogP contribution in [-0.2, 0) is 9.09 Å². The Morgan fingerprint density at radius 1 is 1.00 bits per heavy atom. The van der Waals surface area contributed by atoms with Crippen LogP contribution >= 0.6 is 8.69 Å². The Labute approximate surface area is 89.7 Å². The van der Waals surface area contributed by atoms with E-state index in [9.17, 15) is 4.57 Å². The van der Waals surface area contributed by atoms with Crippen LogP contribution in [0.4, 0.5) is 0 Å². The van der Waals surface area contributed by atoms with Gasteiger partial charge in [-0.15, -0.1) is 0 Å². The summed E-state index contributed by atoms with van der Waals surface area (Å²) < 4.78 is 15.5. The second kappa shape index (κ2) is 11.1. The van der Waals surface area contributed by atoms with Crippen LogP contribution in [0.1, 0.15) is 65.2 Å². The normalized spacial score (nSPS) is 13.3. The van der Waals surface area contributed by atoms with Crippen LogP contribution in [0, 0.1) is 0 Å². The molecule has 0 aromatic heterocycles. The molecule has 0 rings (SSSR count). The Bertz CT molecular complexity index is 128. The maximum Gasteiger partial charge on any atom is 0.327 e. The minimum absolute atomic E-state index is 0.157. The third-order valence-corrected chi connectivity index (χ3v) is 2.84. The van der Waals surface area contributed by atoms with Gasteiger partial charge in [0, 0.05) is 0 Å². The SMILES string of the molecule is CCCCCCC(CCCC)OP=O. The van der Waals surface area contributed by atoms with E-state index >= 15 is 0 Å². The van der Waals surface area contributed by atoms with Gasteiger partial charge < -0.3 is 0 Å². The molecule has 0 saturated heterocycles. The maximum atomic E-state index is 10.3. The Morgan fingerprint density at radius 2 is 1.64 bits per heavy atom. The number of hydrogen-bond acceptors (Lipinski definition) is 2. The van der Waals surface area contributed by atoms with Gasteiger partial charge in [-0.25, -0.2) is 4.57 Å². The van der Waals surface area contributed by atoms with Crippen molar-refractivity contribution in [1.82, 2.24) is 0 Å². The van der Waals surface area contributed by atoms with E-state index in [1.54, 1.807) is 0 Å². The molecular formula is C11H23O2P. The fourth-order valence-electron chi connectivity index (χ4n) is 1.54. The van der Waals surface area contributed by atoms with Gasteiger partial charge in [-0.2, -0.15) is 0 Å². The zero-order chi connectivity index (χ0) is 10.6. The van der Waals surface area contributed by atoms with Crippen LogP contribution in [0.2, 0.25) is 0 Å². The highest BCUT2D eigenvalue weighted by Crippen LogP contribution is 2.17. The van der Waals surface area contributed by atoms with Crippen LogP contribution in [0.25, 0.3) is 0 Å². The molecule has 1 unspecified atom stereocenters. The van der Waals surface area contributed by atoms with Crippen molar-refractivity contribution in [2.24, 2.45) is 0 Å². The van der Waals surface area contributed by atoms with E-state index in [4.69, 9.17) is 4.52 Å². The van der Waals surface area contributed by atoms with Gasteiger partial charge in [-0.1, -0.05) is 52.4 Å². The van der Waals surface area contributed by atoms with Crippen molar-refractivity contribution in [2.45, 2.75) is 71.3 Å². The van der Waals surface area contributed by atoms with Crippen molar-refractivity contribution in [3.05, 3.63) is 0 Å². The van der Waals surface area contributed by atoms with E-state index < -0.39 is 0 Å². The van der Waals surface area contributed by atoms with Crippen molar-refractivity contribution in [2.75, 3.05) is 0 Å². The summed E-state index contributed by atoms with van der Waals surface area (Å²) in [5, 5.41) is 0. The first-order chi connectivity index (χ1) is 6.85. The predicted molar refractivity (Wildman–Crippen MR) is 60.8 cm³/mol. The van der Waals surface area contributed by atoms with E-state index in [1.165, 1.54) is 38.5 Å². The third kappa shape index (κ3) is 8.65. The second-order valence-electron chi connectivity index (χ2n) is 3.79. The fraction of sp³-hybridized carbons (Fsp3) is 1.00. The van der Waals surface area contributed by atoms with E-state index in [-0.39, 0.29) is 14.8 Å². The van der Waals surface area contributed by atoms with Gasteiger partial charge in [0.1, 0.15) is 0 Å². The summed E-state index contributed by atoms with van der Waals surface area (Å²) in [5.41, 5.74) is 0. The molecule has 0 aromatic carbocycles. The minimum Gasteiger partial charge on any atom is -0.291 e. The largest absolute Gasteiger partial charge is 0.327 e. The summed E-state index contributed by atoms with van der Waals surface area (Å²) in [6.45, 7) is 4.38. The van der Waals surface area contributed by atoms with Crippen LogP contribution < -0.4 is 0 Å². The molecule has 2 nitrogen and oxygen atoms in total. The summed E-state index contributed by atoms with van der Waals surface area (Å²) in [4.78, 5) is 0. The first-order valence-corrected chi connectivity index (χ1v) is 6.56. The Morgan fingerprint density at radius 3 is 2.21 bits per heavy atom. The first-order valence-electron chi connectivity index (χ1n) is 5.83. The molecule has 84 valence electrons. The summed E-state index contributed by atoms with van der Waals surface area (Å²) in [5.74, 6) is 0. The Kier molecular flexibility index (Phi) is 11.2. The van der Waals surface area contributed by atoms with Gasteiger partial charge in [0.15, 0.2) is 0 Å². The average Bonchev–Trinajstić information content (AvgIpc) is 2.20. The van der Waals surface area contributed by atoms with Gasteiger partial charge in [0.2, 0.25) is 0 Å². The maximum absolute atomic E-state index is 10.3. The van der Waals surface area contributed by atoms with Crippen molar-refractivity contribution in [3.8, 4) is 0 Å². The highest BCUT2D eigenvalue weighted by atomic mass is 31.1. The van der Waals surface area contributed by atoms with Crippen LogP contribution in [0.15, 0.2) is 0 Å². The average molecular weight is 218 g/mol. The van der Waals surface area contributed by atoms with Gasteiger partial charge in [-0.05, 0) is 12.8 Å². The van der Waals surface area contributed by atoms with Gasteiger partial charge >= 0.3 is 8.69 Å². The number of rotatable bonds is 10.